The summed E-state index contributed by atoms with van der Waals surface area (Å²) in [5.74, 6) is -0.0165. The number of rotatable bonds is 7. The van der Waals surface area contributed by atoms with Gasteiger partial charge in [-0.25, -0.2) is 4.39 Å². The summed E-state index contributed by atoms with van der Waals surface area (Å²) >= 11 is 7.97. The molecule has 1 aliphatic rings. The van der Waals surface area contributed by atoms with Gasteiger partial charge in [0.05, 0.1) is 11.6 Å². The maximum absolute atomic E-state index is 14.2. The highest BCUT2D eigenvalue weighted by Gasteiger charge is 2.28. The van der Waals surface area contributed by atoms with Crippen molar-refractivity contribution in [1.29, 1.82) is 5.26 Å². The number of benzene rings is 2. The van der Waals surface area contributed by atoms with E-state index >= 15 is 0 Å². The molecule has 3 N–H and O–H groups in total. The molecule has 1 fully saturated rings. The van der Waals surface area contributed by atoms with Crippen molar-refractivity contribution in [2.75, 3.05) is 6.54 Å². The maximum atomic E-state index is 14.2. The lowest BCUT2D eigenvalue weighted by atomic mass is 9.81. The van der Waals surface area contributed by atoms with Crippen LogP contribution in [0.3, 0.4) is 0 Å². The molecule has 1 heterocycles. The molecule has 0 aliphatic heterocycles. The van der Waals surface area contributed by atoms with Gasteiger partial charge in [0.1, 0.15) is 16.2 Å². The molecule has 0 radical (unpaired) electrons. The topological polar surface area (TPSA) is 78.9 Å². The minimum absolute atomic E-state index is 0.00565. The molecule has 2 aromatic carbocycles. The molecule has 4 rings (SSSR count). The van der Waals surface area contributed by atoms with Gasteiger partial charge in [0, 0.05) is 16.4 Å². The summed E-state index contributed by atoms with van der Waals surface area (Å²) in [6.45, 7) is 0.678. The Bertz CT molecular complexity index is 1180. The monoisotopic (exact) mass is 495 g/mol. The van der Waals surface area contributed by atoms with E-state index in [1.54, 1.807) is 6.07 Å². The van der Waals surface area contributed by atoms with Crippen molar-refractivity contribution in [3.63, 3.8) is 0 Å². The maximum Gasteiger partial charge on any atom is 0.223 e. The van der Waals surface area contributed by atoms with Crippen LogP contribution in [0, 0.1) is 29.0 Å². The molecule has 0 saturated heterocycles. The molecule has 1 aliphatic carbocycles. The highest BCUT2D eigenvalue weighted by Crippen LogP contribution is 2.40. The van der Waals surface area contributed by atoms with Gasteiger partial charge in [-0.3, -0.25) is 4.79 Å². The predicted molar refractivity (Wildman–Crippen MR) is 135 cm³/mol. The van der Waals surface area contributed by atoms with Crippen molar-refractivity contribution in [3.8, 4) is 17.2 Å². The average molecular weight is 496 g/mol. The van der Waals surface area contributed by atoms with Crippen LogP contribution >= 0.6 is 22.9 Å². The Balaban J connectivity index is 1.59. The molecule has 0 bridgehead atoms. The summed E-state index contributed by atoms with van der Waals surface area (Å²) in [7, 11) is 0. The Morgan fingerprint density at radius 3 is 2.56 bits per heavy atom. The van der Waals surface area contributed by atoms with Gasteiger partial charge in [-0.15, -0.1) is 11.3 Å². The summed E-state index contributed by atoms with van der Waals surface area (Å²) in [6, 6.07) is 18.0. The standard InChI is InChI=1S/C27H27ClFN3OS/c28-26-22(20-10-11-21(16-31)23(29)13-20)14-25(34-26)24(12-17-4-2-1-3-5-17)32-27(33)19-8-6-18(15-30)7-9-19/h1-5,10-11,13-14,18-19,24H,6-9,12,15,30H2,(H,32,33). The van der Waals surface area contributed by atoms with Crippen molar-refractivity contribution >= 4 is 28.8 Å². The number of hydrogen-bond acceptors (Lipinski definition) is 4. The number of thiophene rings is 1. The Labute approximate surface area is 208 Å². The molecule has 0 spiro atoms. The number of nitrogens with zero attached hydrogens (tertiary/aromatic N) is 1. The normalized spacial score (nSPS) is 18.8. The van der Waals surface area contributed by atoms with Gasteiger partial charge in [-0.2, -0.15) is 5.26 Å². The molecule has 1 amide bonds. The Morgan fingerprint density at radius 2 is 1.91 bits per heavy atom. The third kappa shape index (κ3) is 5.67. The highest BCUT2D eigenvalue weighted by atomic mass is 35.5. The van der Waals surface area contributed by atoms with Crippen LogP contribution in [-0.4, -0.2) is 12.5 Å². The number of carbonyl (C=O) groups excluding carboxylic acids is 1. The zero-order chi connectivity index (χ0) is 24.1. The van der Waals surface area contributed by atoms with E-state index in [1.165, 1.54) is 23.5 Å². The smallest absolute Gasteiger partial charge is 0.223 e. The van der Waals surface area contributed by atoms with Gasteiger partial charge < -0.3 is 11.1 Å². The number of hydrogen-bond donors (Lipinski definition) is 2. The van der Waals surface area contributed by atoms with Crippen LogP contribution in [0.2, 0.25) is 4.34 Å². The Morgan fingerprint density at radius 1 is 1.18 bits per heavy atom. The third-order valence-corrected chi connectivity index (χ3v) is 8.07. The number of halogens is 2. The molecule has 176 valence electrons. The van der Waals surface area contributed by atoms with E-state index in [4.69, 9.17) is 22.6 Å². The lowest BCUT2D eigenvalue weighted by molar-refractivity contribution is -0.127. The fraction of sp³-hybridized carbons (Fsp3) is 0.333. The Hall–Kier alpha value is -2.72. The van der Waals surface area contributed by atoms with Crippen LogP contribution in [0.1, 0.15) is 47.7 Å². The van der Waals surface area contributed by atoms with Crippen LogP contribution in [0.15, 0.2) is 54.6 Å². The summed E-state index contributed by atoms with van der Waals surface area (Å²) in [4.78, 5) is 14.1. The average Bonchev–Trinajstić information content (AvgIpc) is 3.25. The molecular weight excluding hydrogens is 469 g/mol. The number of nitrogens with two attached hydrogens (primary N) is 1. The quantitative estimate of drug-likeness (QED) is 0.407. The van der Waals surface area contributed by atoms with Gasteiger partial charge in [-0.1, -0.05) is 48.0 Å². The van der Waals surface area contributed by atoms with Crippen molar-refractivity contribution in [2.24, 2.45) is 17.6 Å². The van der Waals surface area contributed by atoms with Crippen molar-refractivity contribution in [2.45, 2.75) is 38.1 Å². The van der Waals surface area contributed by atoms with E-state index in [1.807, 2.05) is 42.5 Å². The SMILES string of the molecule is N#Cc1ccc(-c2cc(C(Cc3ccccc3)NC(=O)C3CCC(CN)CC3)sc2Cl)cc1F. The molecule has 1 unspecified atom stereocenters. The van der Waals surface area contributed by atoms with Gasteiger partial charge in [0.25, 0.3) is 0 Å². The predicted octanol–water partition coefficient (Wildman–Crippen LogP) is 6.24. The fourth-order valence-electron chi connectivity index (χ4n) is 4.55. The Kier molecular flexibility index (Phi) is 7.99. The summed E-state index contributed by atoms with van der Waals surface area (Å²) in [6.07, 6.45) is 4.30. The van der Waals surface area contributed by atoms with Crippen LogP contribution in [0.5, 0.6) is 0 Å². The molecule has 1 atom stereocenters. The summed E-state index contributed by atoms with van der Waals surface area (Å²) < 4.78 is 14.7. The van der Waals surface area contributed by atoms with Crippen LogP contribution in [0.25, 0.3) is 11.1 Å². The molecule has 4 nitrogen and oxygen atoms in total. The largest absolute Gasteiger partial charge is 0.348 e. The van der Waals surface area contributed by atoms with Gasteiger partial charge >= 0.3 is 0 Å². The number of nitrogens with one attached hydrogen (secondary N) is 1. The zero-order valence-corrected chi connectivity index (χ0v) is 20.3. The van der Waals surface area contributed by atoms with Gasteiger partial charge in [-0.05, 0) is 73.9 Å². The van der Waals surface area contributed by atoms with Crippen molar-refractivity contribution < 1.29 is 9.18 Å². The van der Waals surface area contributed by atoms with E-state index in [0.29, 0.717) is 34.3 Å². The molecular formula is C27H27ClFN3OS. The fourth-order valence-corrected chi connectivity index (χ4v) is 5.94. The molecule has 1 aromatic heterocycles. The van der Waals surface area contributed by atoms with Crippen LogP contribution in [-0.2, 0) is 11.2 Å². The van der Waals surface area contributed by atoms with E-state index in [9.17, 15) is 9.18 Å². The van der Waals surface area contributed by atoms with Crippen molar-refractivity contribution in [1.82, 2.24) is 5.32 Å². The molecule has 7 heteroatoms. The number of carbonyl (C=O) groups is 1. The van der Waals surface area contributed by atoms with E-state index in [0.717, 1.165) is 36.1 Å². The van der Waals surface area contributed by atoms with Crippen LogP contribution < -0.4 is 11.1 Å². The van der Waals surface area contributed by atoms with E-state index < -0.39 is 5.82 Å². The summed E-state index contributed by atoms with van der Waals surface area (Å²) in [5.41, 5.74) is 8.21. The van der Waals surface area contributed by atoms with E-state index in [-0.39, 0.29) is 23.4 Å². The first-order valence-corrected chi connectivity index (χ1v) is 12.7. The lowest BCUT2D eigenvalue weighted by Crippen LogP contribution is -2.37. The van der Waals surface area contributed by atoms with E-state index in [2.05, 4.69) is 5.32 Å². The molecule has 1 saturated carbocycles. The summed E-state index contributed by atoms with van der Waals surface area (Å²) in [5, 5.41) is 12.3. The second-order valence-corrected chi connectivity index (χ2v) is 10.5. The first-order chi connectivity index (χ1) is 16.5. The number of nitriles is 1. The molecule has 34 heavy (non-hydrogen) atoms. The first kappa shape index (κ1) is 24.4. The van der Waals surface area contributed by atoms with Gasteiger partial charge in [0.15, 0.2) is 0 Å². The van der Waals surface area contributed by atoms with Crippen LogP contribution in [0.4, 0.5) is 4.39 Å². The third-order valence-electron chi connectivity index (χ3n) is 6.60. The second-order valence-electron chi connectivity index (χ2n) is 8.85. The highest BCUT2D eigenvalue weighted by molar-refractivity contribution is 7.16. The zero-order valence-electron chi connectivity index (χ0n) is 18.8. The second kappa shape index (κ2) is 11.1. The minimum atomic E-state index is -0.578. The van der Waals surface area contributed by atoms with Crippen molar-refractivity contribution in [3.05, 3.63) is 80.8 Å². The first-order valence-electron chi connectivity index (χ1n) is 11.5. The minimum Gasteiger partial charge on any atom is -0.348 e. The molecule has 3 aromatic rings. The van der Waals surface area contributed by atoms with Gasteiger partial charge in [0.2, 0.25) is 5.91 Å². The number of amides is 1. The lowest BCUT2D eigenvalue weighted by Gasteiger charge is -2.28.